The van der Waals surface area contributed by atoms with Crippen LogP contribution in [-0.2, 0) is 0 Å². The lowest BCUT2D eigenvalue weighted by atomic mass is 10.7. The van der Waals surface area contributed by atoms with Crippen LogP contribution in [0, 0.1) is 12.1 Å². The van der Waals surface area contributed by atoms with Crippen molar-refractivity contribution in [3.8, 4) is 0 Å². The highest BCUT2D eigenvalue weighted by atomic mass is 16.5. The Morgan fingerprint density at radius 3 is 2.88 bits per heavy atom. The first kappa shape index (κ1) is 4.96. The van der Waals surface area contributed by atoms with E-state index in [0.717, 1.165) is 0 Å². The predicted octanol–water partition coefficient (Wildman–Crippen LogP) is -0.582. The molecule has 4 heteroatoms. The molecule has 0 N–H and O–H groups in total. The second-order valence-corrected chi connectivity index (χ2v) is 1.39. The van der Waals surface area contributed by atoms with Gasteiger partial charge in [0.15, 0.2) is 0 Å². The zero-order chi connectivity index (χ0) is 5.98. The average molecular weight is 111 g/mol. The summed E-state index contributed by atoms with van der Waals surface area (Å²) in [5.74, 6) is 0.368. The van der Waals surface area contributed by atoms with Gasteiger partial charge < -0.3 is 5.21 Å². The third kappa shape index (κ3) is 0.726. The van der Waals surface area contributed by atoms with Crippen LogP contribution in [0.3, 0.4) is 0 Å². The second kappa shape index (κ2) is 1.73. The molecule has 1 heterocycles. The highest BCUT2D eigenvalue weighted by Gasteiger charge is 1.93. The third-order valence-electron chi connectivity index (χ3n) is 0.790. The largest absolute Gasteiger partial charge is 0.711 e. The highest BCUT2D eigenvalue weighted by Crippen LogP contribution is 1.71. The van der Waals surface area contributed by atoms with E-state index < -0.39 is 0 Å². The van der Waals surface area contributed by atoms with Crippen LogP contribution in [0.25, 0.3) is 0 Å². The summed E-state index contributed by atoms with van der Waals surface area (Å²) in [5, 5.41) is 17.4. The van der Waals surface area contributed by atoms with Gasteiger partial charge in [-0.15, -0.1) is 0 Å². The maximum absolute atomic E-state index is 10.4. The predicted molar refractivity (Wildman–Crippen MR) is 25.7 cm³/mol. The Bertz CT molecular complexity index is 167. The van der Waals surface area contributed by atoms with Crippen LogP contribution < -0.4 is 4.73 Å². The van der Waals surface area contributed by atoms with Gasteiger partial charge in [-0.25, -0.2) is 4.73 Å². The van der Waals surface area contributed by atoms with Gasteiger partial charge in [0, 0.05) is 6.92 Å². The molecule has 4 nitrogen and oxygen atoms in total. The van der Waals surface area contributed by atoms with E-state index in [1.54, 1.807) is 6.92 Å². The van der Waals surface area contributed by atoms with E-state index >= 15 is 0 Å². The van der Waals surface area contributed by atoms with E-state index in [1.807, 2.05) is 0 Å². The summed E-state index contributed by atoms with van der Waals surface area (Å²) >= 11 is 0. The lowest BCUT2D eigenvalue weighted by Crippen LogP contribution is -2.30. The molecule has 1 aromatic heterocycles. The minimum Gasteiger partial charge on any atom is -0.711 e. The van der Waals surface area contributed by atoms with E-state index in [9.17, 15) is 5.21 Å². The van der Waals surface area contributed by atoms with Crippen molar-refractivity contribution in [1.82, 2.24) is 10.2 Å². The van der Waals surface area contributed by atoms with Gasteiger partial charge in [-0.05, 0) is 5.10 Å². The molecule has 1 aromatic rings. The lowest BCUT2D eigenvalue weighted by Gasteiger charge is -1.96. The van der Waals surface area contributed by atoms with E-state index in [-0.39, 0.29) is 0 Å². The molecule has 0 atom stereocenters. The number of aryl methyl sites for hydroxylation is 1. The topological polar surface area (TPSA) is 52.7 Å². The summed E-state index contributed by atoms with van der Waals surface area (Å²) in [7, 11) is 0. The summed E-state index contributed by atoms with van der Waals surface area (Å²) in [5.41, 5.74) is 0. The normalized spacial score (nSPS) is 9.12. The van der Waals surface area contributed by atoms with E-state index in [2.05, 4.69) is 10.2 Å². The SMILES string of the molecule is Cc1nncc[n+]1[O-]. The smallest absolute Gasteiger partial charge is 0.326 e. The number of nitrogens with zero attached hydrogens (tertiary/aromatic N) is 3. The molecule has 1 rings (SSSR count). The molecule has 0 saturated carbocycles. The van der Waals surface area contributed by atoms with Crippen LogP contribution in [-0.4, -0.2) is 10.2 Å². The summed E-state index contributed by atoms with van der Waals surface area (Å²) < 4.78 is 0.660. The molecule has 0 radical (unpaired) electrons. The van der Waals surface area contributed by atoms with Crippen LogP contribution in [0.4, 0.5) is 0 Å². The fourth-order valence-corrected chi connectivity index (χ4v) is 0.359. The third-order valence-corrected chi connectivity index (χ3v) is 0.790. The van der Waals surface area contributed by atoms with Crippen LogP contribution in [0.1, 0.15) is 5.82 Å². The van der Waals surface area contributed by atoms with Crippen molar-refractivity contribution in [2.45, 2.75) is 6.92 Å². The fraction of sp³-hybridized carbons (Fsp3) is 0.250. The molecule has 0 aliphatic heterocycles. The summed E-state index contributed by atoms with van der Waals surface area (Å²) in [6, 6.07) is 0. The van der Waals surface area contributed by atoms with Gasteiger partial charge in [0.2, 0.25) is 0 Å². The standard InChI is InChI=1S/C4H5N3O/c1-4-6-5-2-3-7(4)8/h2-3H,1H3. The Kier molecular flexibility index (Phi) is 1.07. The zero-order valence-electron chi connectivity index (χ0n) is 4.40. The molecule has 42 valence electrons. The number of hydrogen-bond acceptors (Lipinski definition) is 3. The zero-order valence-corrected chi connectivity index (χ0v) is 4.40. The molecule has 8 heavy (non-hydrogen) atoms. The summed E-state index contributed by atoms with van der Waals surface area (Å²) in [6.07, 6.45) is 2.66. The second-order valence-electron chi connectivity index (χ2n) is 1.39. The van der Waals surface area contributed by atoms with Gasteiger partial charge >= 0.3 is 5.82 Å². The van der Waals surface area contributed by atoms with Crippen molar-refractivity contribution in [1.29, 1.82) is 0 Å². The Hall–Kier alpha value is -1.19. The van der Waals surface area contributed by atoms with Gasteiger partial charge in [0.1, 0.15) is 12.4 Å². The first-order valence-corrected chi connectivity index (χ1v) is 2.18. The van der Waals surface area contributed by atoms with E-state index in [0.29, 0.717) is 10.6 Å². The first-order chi connectivity index (χ1) is 3.80. The molecule has 0 aliphatic rings. The van der Waals surface area contributed by atoms with Crippen LogP contribution in [0.5, 0.6) is 0 Å². The van der Waals surface area contributed by atoms with Crippen molar-refractivity contribution >= 4 is 0 Å². The molecular formula is C4H5N3O. The van der Waals surface area contributed by atoms with E-state index in [4.69, 9.17) is 0 Å². The molecule has 0 unspecified atom stereocenters. The van der Waals surface area contributed by atoms with Crippen molar-refractivity contribution in [2.24, 2.45) is 0 Å². The Labute approximate surface area is 46.4 Å². The van der Waals surface area contributed by atoms with Crippen LogP contribution in [0.2, 0.25) is 0 Å². The van der Waals surface area contributed by atoms with Crippen LogP contribution >= 0.6 is 0 Å². The Morgan fingerprint density at radius 1 is 1.75 bits per heavy atom. The fourth-order valence-electron chi connectivity index (χ4n) is 0.359. The summed E-state index contributed by atoms with van der Waals surface area (Å²) in [4.78, 5) is 0. The van der Waals surface area contributed by atoms with Crippen molar-refractivity contribution in [3.63, 3.8) is 0 Å². The molecule has 0 saturated heterocycles. The van der Waals surface area contributed by atoms with E-state index in [1.165, 1.54) is 12.4 Å². The van der Waals surface area contributed by atoms with Crippen LogP contribution in [0.15, 0.2) is 12.4 Å². The van der Waals surface area contributed by atoms with Crippen molar-refractivity contribution in [3.05, 3.63) is 23.4 Å². The number of hydrogen-bond donors (Lipinski definition) is 0. The minimum absolute atomic E-state index is 0.368. The van der Waals surface area contributed by atoms with Gasteiger partial charge in [0.25, 0.3) is 0 Å². The van der Waals surface area contributed by atoms with Crippen molar-refractivity contribution < 1.29 is 4.73 Å². The van der Waals surface area contributed by atoms with Gasteiger partial charge in [-0.2, -0.15) is 0 Å². The molecule has 0 aromatic carbocycles. The van der Waals surface area contributed by atoms with Gasteiger partial charge in [-0.1, -0.05) is 0 Å². The number of rotatable bonds is 0. The Balaban J connectivity index is 3.13. The summed E-state index contributed by atoms with van der Waals surface area (Å²) in [6.45, 7) is 1.60. The quantitative estimate of drug-likeness (QED) is 0.332. The Morgan fingerprint density at radius 2 is 2.50 bits per heavy atom. The average Bonchev–Trinajstić information content (AvgIpc) is 1.77. The molecular weight excluding hydrogens is 106 g/mol. The van der Waals surface area contributed by atoms with Gasteiger partial charge in [-0.3, -0.25) is 0 Å². The molecule has 0 amide bonds. The lowest BCUT2D eigenvalue weighted by molar-refractivity contribution is -0.616. The van der Waals surface area contributed by atoms with Crippen molar-refractivity contribution in [2.75, 3.05) is 0 Å². The minimum atomic E-state index is 0.368. The molecule has 0 aliphatic carbocycles. The molecule has 0 spiro atoms. The monoisotopic (exact) mass is 111 g/mol. The maximum atomic E-state index is 10.4. The number of aromatic nitrogens is 3. The first-order valence-electron chi connectivity index (χ1n) is 2.18. The molecule has 0 fully saturated rings. The maximum Gasteiger partial charge on any atom is 0.326 e. The van der Waals surface area contributed by atoms with Gasteiger partial charge in [0.05, 0.1) is 5.10 Å². The highest BCUT2D eigenvalue weighted by molar-refractivity contribution is 4.63. The molecule has 0 bridgehead atoms.